The fraction of sp³-hybridized carbons (Fsp3) is 0.571. The molecule has 1 aliphatic carbocycles. The third kappa shape index (κ3) is 1.61. The van der Waals surface area contributed by atoms with E-state index in [0.29, 0.717) is 5.41 Å². The molecule has 0 bridgehead atoms. The largest absolute Gasteiger partial charge is 4.00 e. The van der Waals surface area contributed by atoms with Crippen LogP contribution in [0.2, 0.25) is 0 Å². The van der Waals surface area contributed by atoms with Crippen molar-refractivity contribution in [1.29, 1.82) is 0 Å². The van der Waals surface area contributed by atoms with Crippen molar-refractivity contribution in [2.24, 2.45) is 0 Å². The van der Waals surface area contributed by atoms with Gasteiger partial charge in [-0.05, 0) is 72.9 Å². The summed E-state index contributed by atoms with van der Waals surface area (Å²) in [5.74, 6) is 0. The molecule has 0 heterocycles. The Kier molecular flexibility index (Phi) is 3.20. The molecule has 0 saturated heterocycles. The van der Waals surface area contributed by atoms with Crippen molar-refractivity contribution in [3.05, 3.63) is 33.4 Å². The molecule has 0 atom stereocenters. The first kappa shape index (κ1) is 12.9. The van der Waals surface area contributed by atoms with Crippen molar-refractivity contribution in [2.75, 3.05) is 0 Å². The van der Waals surface area contributed by atoms with E-state index in [1.54, 1.807) is 11.1 Å². The second kappa shape index (κ2) is 3.71. The first-order valence-corrected chi connectivity index (χ1v) is 5.46. The van der Waals surface area contributed by atoms with E-state index in [1.165, 1.54) is 28.7 Å². The van der Waals surface area contributed by atoms with E-state index >= 15 is 0 Å². The topological polar surface area (TPSA) is 0 Å². The van der Waals surface area contributed by atoms with Crippen molar-refractivity contribution in [2.45, 2.75) is 53.4 Å². The Hall–Kier alpha value is -0.131. The molecule has 1 aromatic carbocycles. The molecule has 0 saturated carbocycles. The van der Waals surface area contributed by atoms with Gasteiger partial charge in [-0.1, -0.05) is 13.8 Å². The summed E-state index contributed by atoms with van der Waals surface area (Å²) >= 11 is 0. The van der Waals surface area contributed by atoms with Crippen LogP contribution in [-0.2, 0) is 31.9 Å². The summed E-state index contributed by atoms with van der Waals surface area (Å²) in [5.41, 5.74) is 9.71. The Labute approximate surface area is 113 Å². The molecule has 89 valence electrons. The van der Waals surface area contributed by atoms with Crippen LogP contribution in [0.4, 0.5) is 0 Å². The molecule has 1 aliphatic rings. The second-order valence-corrected chi connectivity index (χ2v) is 5.41. The van der Waals surface area contributed by atoms with Crippen LogP contribution in [0.15, 0.2) is 0 Å². The monoisotopic (exact) mass is 385 g/mol. The minimum Gasteiger partial charge on any atom is -1.00 e. The van der Waals surface area contributed by atoms with Gasteiger partial charge in [0.25, 0.3) is 0 Å². The number of rotatable bonds is 0. The zero-order chi connectivity index (χ0) is 10.7. The van der Waals surface area contributed by atoms with Crippen molar-refractivity contribution < 1.29 is 25.8 Å². The van der Waals surface area contributed by atoms with Crippen molar-refractivity contribution in [3.8, 4) is 0 Å². The van der Waals surface area contributed by atoms with Crippen LogP contribution in [0.3, 0.4) is 0 Å². The predicted octanol–water partition coefficient (Wildman–Crippen LogP) is 4.20. The van der Waals surface area contributed by atoms with E-state index in [2.05, 4.69) is 41.5 Å². The normalized spacial score (nSPS) is 16.4. The number of benzene rings is 1. The maximum Gasteiger partial charge on any atom is 4.00 e. The summed E-state index contributed by atoms with van der Waals surface area (Å²) in [5, 5.41) is 0. The number of fused-ring (bicyclic) bond motifs is 1. The molecular formula is C14H24Ir. The molecule has 1 aromatic rings. The van der Waals surface area contributed by atoms with E-state index in [-0.39, 0.29) is 25.8 Å². The summed E-state index contributed by atoms with van der Waals surface area (Å²) in [4.78, 5) is 0. The van der Waals surface area contributed by atoms with Crippen molar-refractivity contribution >= 4 is 0 Å². The summed E-state index contributed by atoms with van der Waals surface area (Å²) in [6.45, 7) is 13.8. The zero-order valence-corrected chi connectivity index (χ0v) is 12.9. The third-order valence-corrected chi connectivity index (χ3v) is 4.11. The van der Waals surface area contributed by atoms with E-state index in [0.717, 1.165) is 0 Å². The minimum absolute atomic E-state index is 0. The van der Waals surface area contributed by atoms with E-state index in [4.69, 9.17) is 0 Å². The van der Waals surface area contributed by atoms with Crippen LogP contribution in [-0.4, -0.2) is 0 Å². The van der Waals surface area contributed by atoms with Crippen molar-refractivity contribution in [3.63, 3.8) is 0 Å². The summed E-state index contributed by atoms with van der Waals surface area (Å²) < 4.78 is 0. The Morgan fingerprint density at radius 3 is 1.80 bits per heavy atom. The minimum atomic E-state index is 0. The standard InChI is InChI=1S/C14H20.Ir.4H/c1-8-9(2)11(4)13-12(10(8)3)7-14(13,5)6;;;;;/h7H2,1-6H3;;;;;/q;+4;4*-1. The van der Waals surface area contributed by atoms with E-state index in [9.17, 15) is 0 Å². The molecule has 0 unspecified atom stereocenters. The Bertz CT molecular complexity index is 405. The van der Waals surface area contributed by atoms with Crippen LogP contribution in [0.5, 0.6) is 0 Å². The average molecular weight is 385 g/mol. The number of hydrogen-bond acceptors (Lipinski definition) is 0. The van der Waals surface area contributed by atoms with Crippen molar-refractivity contribution in [1.82, 2.24) is 0 Å². The molecule has 0 amide bonds. The SMILES string of the molecule is Cc1c(C)c(C)c2c(c1C)CC2(C)C.[H-].[H-].[H-].[H-].[Ir+4]. The van der Waals surface area contributed by atoms with Gasteiger partial charge in [-0.3, -0.25) is 0 Å². The molecule has 15 heavy (non-hydrogen) atoms. The van der Waals surface area contributed by atoms with Gasteiger partial charge in [0, 0.05) is 0 Å². The van der Waals surface area contributed by atoms with Gasteiger partial charge < -0.3 is 5.71 Å². The molecule has 0 fully saturated rings. The Morgan fingerprint density at radius 1 is 0.867 bits per heavy atom. The summed E-state index contributed by atoms with van der Waals surface area (Å²) in [6.07, 6.45) is 1.26. The number of hydrogen-bond donors (Lipinski definition) is 0. The van der Waals surface area contributed by atoms with Gasteiger partial charge >= 0.3 is 20.1 Å². The summed E-state index contributed by atoms with van der Waals surface area (Å²) in [7, 11) is 0. The van der Waals surface area contributed by atoms with Gasteiger partial charge in [0.1, 0.15) is 0 Å². The second-order valence-electron chi connectivity index (χ2n) is 5.41. The fourth-order valence-electron chi connectivity index (χ4n) is 2.95. The third-order valence-electron chi connectivity index (χ3n) is 4.11. The molecule has 0 aromatic heterocycles. The molecule has 0 spiro atoms. The fourth-order valence-corrected chi connectivity index (χ4v) is 2.95. The van der Waals surface area contributed by atoms with Crippen LogP contribution in [0.1, 0.15) is 52.9 Å². The van der Waals surface area contributed by atoms with Gasteiger partial charge in [0.05, 0.1) is 0 Å². The van der Waals surface area contributed by atoms with Gasteiger partial charge in [-0.15, -0.1) is 0 Å². The molecule has 1 radical (unpaired) electrons. The van der Waals surface area contributed by atoms with E-state index < -0.39 is 0 Å². The average Bonchev–Trinajstić information content (AvgIpc) is 2.09. The van der Waals surface area contributed by atoms with Gasteiger partial charge in [0.15, 0.2) is 0 Å². The zero-order valence-electron chi connectivity index (χ0n) is 14.5. The Balaban J connectivity index is -0.000000225. The quantitative estimate of drug-likeness (QED) is 0.629. The van der Waals surface area contributed by atoms with Crippen LogP contribution in [0, 0.1) is 27.7 Å². The smallest absolute Gasteiger partial charge is 1.00 e. The predicted molar refractivity (Wildman–Crippen MR) is 66.6 cm³/mol. The van der Waals surface area contributed by atoms with Gasteiger partial charge in [0.2, 0.25) is 0 Å². The molecule has 0 nitrogen and oxygen atoms in total. The van der Waals surface area contributed by atoms with Gasteiger partial charge in [-0.2, -0.15) is 0 Å². The Morgan fingerprint density at radius 2 is 1.33 bits per heavy atom. The van der Waals surface area contributed by atoms with Crippen LogP contribution < -0.4 is 0 Å². The first-order chi connectivity index (χ1) is 6.36. The molecule has 0 N–H and O–H groups in total. The van der Waals surface area contributed by atoms with Crippen LogP contribution >= 0.6 is 0 Å². The van der Waals surface area contributed by atoms with E-state index in [1.807, 2.05) is 0 Å². The van der Waals surface area contributed by atoms with Gasteiger partial charge in [-0.25, -0.2) is 0 Å². The maximum absolute atomic E-state index is 2.36. The molecule has 0 aliphatic heterocycles. The first-order valence-electron chi connectivity index (χ1n) is 5.46. The molecule has 2 rings (SSSR count). The van der Waals surface area contributed by atoms with Crippen LogP contribution in [0.25, 0.3) is 0 Å². The summed E-state index contributed by atoms with van der Waals surface area (Å²) in [6, 6.07) is 0. The molecular weight excluding hydrogens is 360 g/mol. The maximum atomic E-state index is 2.36. The molecule has 1 heteroatoms.